The van der Waals surface area contributed by atoms with Crippen LogP contribution in [0.5, 0.6) is 5.75 Å². The molecule has 0 aliphatic carbocycles. The first-order chi connectivity index (χ1) is 9.08. The van der Waals surface area contributed by atoms with Crippen LogP contribution < -0.4 is 4.74 Å². The molecule has 4 heteroatoms. The first kappa shape index (κ1) is 13.7. The van der Waals surface area contributed by atoms with Gasteiger partial charge in [0.25, 0.3) is 0 Å². The van der Waals surface area contributed by atoms with Gasteiger partial charge in [-0.15, -0.1) is 0 Å². The maximum Gasteiger partial charge on any atom is 0.202 e. The van der Waals surface area contributed by atoms with Gasteiger partial charge in [0.1, 0.15) is 11.6 Å². The number of halogens is 2. The van der Waals surface area contributed by atoms with Crippen molar-refractivity contribution < 1.29 is 13.9 Å². The van der Waals surface area contributed by atoms with Crippen molar-refractivity contribution in [3.05, 3.63) is 64.4 Å². The molecule has 1 unspecified atom stereocenters. The molecule has 19 heavy (non-hydrogen) atoms. The zero-order valence-electron chi connectivity index (χ0n) is 10.3. The normalized spacial score (nSPS) is 11.9. The predicted molar refractivity (Wildman–Crippen MR) is 75.0 cm³/mol. The predicted octanol–water partition coefficient (Wildman–Crippen LogP) is 4.24. The summed E-state index contributed by atoms with van der Waals surface area (Å²) in [6.07, 6.45) is -0.664. The molecule has 0 spiro atoms. The summed E-state index contributed by atoms with van der Waals surface area (Å²) in [7, 11) is 0. The quantitative estimate of drug-likeness (QED) is 0.787. The van der Waals surface area contributed by atoms with E-state index in [-0.39, 0.29) is 5.78 Å². The van der Waals surface area contributed by atoms with E-state index in [4.69, 9.17) is 4.74 Å². The van der Waals surface area contributed by atoms with Gasteiger partial charge in [-0.2, -0.15) is 0 Å². The Hall–Kier alpha value is -1.68. The van der Waals surface area contributed by atoms with Crippen molar-refractivity contribution in [1.29, 1.82) is 0 Å². The highest BCUT2D eigenvalue weighted by molar-refractivity contribution is 9.10. The van der Waals surface area contributed by atoms with Gasteiger partial charge in [0.2, 0.25) is 5.78 Å². The van der Waals surface area contributed by atoms with Gasteiger partial charge in [-0.25, -0.2) is 4.39 Å². The van der Waals surface area contributed by atoms with E-state index in [1.54, 1.807) is 43.3 Å². The Balaban J connectivity index is 2.10. The fourth-order valence-corrected chi connectivity index (χ4v) is 1.89. The van der Waals surface area contributed by atoms with E-state index in [1.807, 2.05) is 6.07 Å². The van der Waals surface area contributed by atoms with Crippen LogP contribution in [0.3, 0.4) is 0 Å². The topological polar surface area (TPSA) is 26.3 Å². The molecule has 0 radical (unpaired) electrons. The monoisotopic (exact) mass is 322 g/mol. The Morgan fingerprint density at radius 1 is 1.21 bits per heavy atom. The third-order valence-corrected chi connectivity index (χ3v) is 3.27. The van der Waals surface area contributed by atoms with Crippen LogP contribution in [0.25, 0.3) is 0 Å². The summed E-state index contributed by atoms with van der Waals surface area (Å²) < 4.78 is 19.2. The van der Waals surface area contributed by atoms with Gasteiger partial charge >= 0.3 is 0 Å². The Labute approximate surface area is 119 Å². The van der Waals surface area contributed by atoms with Crippen molar-refractivity contribution in [1.82, 2.24) is 0 Å². The fourth-order valence-electron chi connectivity index (χ4n) is 1.64. The van der Waals surface area contributed by atoms with Crippen LogP contribution in [0.1, 0.15) is 17.3 Å². The maximum absolute atomic E-state index is 13.3. The van der Waals surface area contributed by atoms with Crippen molar-refractivity contribution >= 4 is 21.7 Å². The summed E-state index contributed by atoms with van der Waals surface area (Å²) in [6, 6.07) is 13.3. The van der Waals surface area contributed by atoms with Gasteiger partial charge < -0.3 is 4.74 Å². The van der Waals surface area contributed by atoms with E-state index in [1.165, 1.54) is 6.07 Å². The molecule has 0 fully saturated rings. The van der Waals surface area contributed by atoms with Gasteiger partial charge in [0.05, 0.1) is 4.47 Å². The third kappa shape index (κ3) is 3.41. The van der Waals surface area contributed by atoms with E-state index in [0.29, 0.717) is 15.8 Å². The number of hydrogen-bond acceptors (Lipinski definition) is 2. The van der Waals surface area contributed by atoms with Crippen LogP contribution in [-0.4, -0.2) is 11.9 Å². The molecule has 0 N–H and O–H groups in total. The van der Waals surface area contributed by atoms with E-state index >= 15 is 0 Å². The fraction of sp³-hybridized carbons (Fsp3) is 0.133. The summed E-state index contributed by atoms with van der Waals surface area (Å²) in [5.74, 6) is -0.224. The zero-order valence-corrected chi connectivity index (χ0v) is 11.9. The molecule has 0 aliphatic heterocycles. The second kappa shape index (κ2) is 5.97. The molecule has 1 atom stereocenters. The van der Waals surface area contributed by atoms with Crippen molar-refractivity contribution in [2.45, 2.75) is 13.0 Å². The highest BCUT2D eigenvalue weighted by atomic mass is 79.9. The molecule has 0 amide bonds. The van der Waals surface area contributed by atoms with Crippen molar-refractivity contribution in [2.75, 3.05) is 0 Å². The number of rotatable bonds is 4. The standard InChI is InChI=1S/C15H12BrFO2/c1-10(15(18)11-5-3-2-4-6-11)19-12-7-8-13(16)14(17)9-12/h2-10H,1H3. The SMILES string of the molecule is CC(Oc1ccc(Br)c(F)c1)C(=O)c1ccccc1. The average Bonchev–Trinajstić information content (AvgIpc) is 2.43. The van der Waals surface area contributed by atoms with Crippen LogP contribution >= 0.6 is 15.9 Å². The number of carbonyl (C=O) groups excluding carboxylic acids is 1. The second-order valence-corrected chi connectivity index (χ2v) is 4.92. The molecule has 2 nitrogen and oxygen atoms in total. The number of ether oxygens (including phenoxy) is 1. The Morgan fingerprint density at radius 2 is 1.89 bits per heavy atom. The Bertz CT molecular complexity index is 584. The first-order valence-electron chi connectivity index (χ1n) is 5.79. The van der Waals surface area contributed by atoms with E-state index in [0.717, 1.165) is 0 Å². The lowest BCUT2D eigenvalue weighted by Gasteiger charge is -2.14. The summed E-state index contributed by atoms with van der Waals surface area (Å²) in [5, 5.41) is 0. The van der Waals surface area contributed by atoms with E-state index in [2.05, 4.69) is 15.9 Å². The molecule has 0 aromatic heterocycles. The molecule has 0 aliphatic rings. The smallest absolute Gasteiger partial charge is 0.202 e. The molecule has 2 aromatic carbocycles. The van der Waals surface area contributed by atoms with Gasteiger partial charge in [-0.1, -0.05) is 30.3 Å². The van der Waals surface area contributed by atoms with Crippen molar-refractivity contribution in [3.63, 3.8) is 0 Å². The summed E-state index contributed by atoms with van der Waals surface area (Å²) in [4.78, 5) is 12.1. The average molecular weight is 323 g/mol. The molecule has 0 heterocycles. The highest BCUT2D eigenvalue weighted by Gasteiger charge is 2.16. The lowest BCUT2D eigenvalue weighted by atomic mass is 10.1. The zero-order chi connectivity index (χ0) is 13.8. The number of carbonyl (C=O) groups is 1. The number of Topliss-reactive ketones (excluding diaryl/α,β-unsaturated/α-hetero) is 1. The molecular weight excluding hydrogens is 311 g/mol. The largest absolute Gasteiger partial charge is 0.482 e. The van der Waals surface area contributed by atoms with Gasteiger partial charge in [0, 0.05) is 11.6 Å². The van der Waals surface area contributed by atoms with Crippen molar-refractivity contribution in [2.24, 2.45) is 0 Å². The molecule has 98 valence electrons. The molecule has 0 saturated carbocycles. The number of benzene rings is 2. The minimum atomic E-state index is -0.664. The Morgan fingerprint density at radius 3 is 2.53 bits per heavy atom. The van der Waals surface area contributed by atoms with E-state index in [9.17, 15) is 9.18 Å². The second-order valence-electron chi connectivity index (χ2n) is 4.07. The molecule has 0 bridgehead atoms. The minimum Gasteiger partial charge on any atom is -0.482 e. The molecule has 2 rings (SSSR count). The van der Waals surface area contributed by atoms with Crippen LogP contribution in [0.4, 0.5) is 4.39 Å². The number of hydrogen-bond donors (Lipinski definition) is 0. The number of ketones is 1. The van der Waals surface area contributed by atoms with Gasteiger partial charge in [-0.3, -0.25) is 4.79 Å². The van der Waals surface area contributed by atoms with Gasteiger partial charge in [0.15, 0.2) is 6.10 Å². The first-order valence-corrected chi connectivity index (χ1v) is 6.58. The molecule has 0 saturated heterocycles. The molecular formula is C15H12BrFO2. The van der Waals surface area contributed by atoms with Crippen LogP contribution in [-0.2, 0) is 0 Å². The minimum absolute atomic E-state index is 0.135. The van der Waals surface area contributed by atoms with Crippen LogP contribution in [0.2, 0.25) is 0 Å². The summed E-state index contributed by atoms with van der Waals surface area (Å²) in [5.41, 5.74) is 0.576. The van der Waals surface area contributed by atoms with Crippen LogP contribution in [0.15, 0.2) is 53.0 Å². The third-order valence-electron chi connectivity index (χ3n) is 2.63. The van der Waals surface area contributed by atoms with Gasteiger partial charge in [-0.05, 0) is 35.0 Å². The summed E-state index contributed by atoms with van der Waals surface area (Å²) >= 11 is 3.06. The highest BCUT2D eigenvalue weighted by Crippen LogP contribution is 2.22. The molecule has 2 aromatic rings. The summed E-state index contributed by atoms with van der Waals surface area (Å²) in [6.45, 7) is 1.65. The van der Waals surface area contributed by atoms with Crippen molar-refractivity contribution in [3.8, 4) is 5.75 Å². The lowest BCUT2D eigenvalue weighted by Crippen LogP contribution is -2.23. The maximum atomic E-state index is 13.3. The van der Waals surface area contributed by atoms with Crippen LogP contribution in [0, 0.1) is 5.82 Å². The van der Waals surface area contributed by atoms with E-state index < -0.39 is 11.9 Å². The lowest BCUT2D eigenvalue weighted by molar-refractivity contribution is 0.0817. The Kier molecular flexibility index (Phi) is 4.32.